The molecule has 2 rings (SSSR count). The smallest absolute Gasteiger partial charge is 0.315 e. The van der Waals surface area contributed by atoms with Crippen molar-refractivity contribution in [3.05, 3.63) is 0 Å². The Bertz CT molecular complexity index is 342. The van der Waals surface area contributed by atoms with Crippen LogP contribution in [0.25, 0.3) is 0 Å². The van der Waals surface area contributed by atoms with E-state index in [0.717, 1.165) is 45.1 Å². The van der Waals surface area contributed by atoms with Crippen molar-refractivity contribution in [1.29, 1.82) is 0 Å². The van der Waals surface area contributed by atoms with Gasteiger partial charge in [-0.2, -0.15) is 0 Å². The Morgan fingerprint density at radius 1 is 1.10 bits per heavy atom. The second kappa shape index (κ2) is 7.47. The standard InChI is InChI=1S/C14H24N2O4/c17-13(18)11-6-1-2-7-12(11)16-14(19)15-9-10-5-3-4-8-20-10/h10-12H,1-9H2,(H,17,18)(H2,15,16,19). The molecule has 0 aromatic rings. The summed E-state index contributed by atoms with van der Waals surface area (Å²) in [6.45, 7) is 1.26. The maximum atomic E-state index is 11.9. The monoisotopic (exact) mass is 284 g/mol. The molecule has 6 heteroatoms. The Hall–Kier alpha value is -1.30. The first kappa shape index (κ1) is 15.1. The zero-order chi connectivity index (χ0) is 14.4. The Morgan fingerprint density at radius 3 is 2.55 bits per heavy atom. The van der Waals surface area contributed by atoms with Crippen molar-refractivity contribution in [2.45, 2.75) is 57.1 Å². The van der Waals surface area contributed by atoms with Crippen molar-refractivity contribution < 1.29 is 19.4 Å². The highest BCUT2D eigenvalue weighted by atomic mass is 16.5. The second-order valence-corrected chi connectivity index (χ2v) is 5.68. The summed E-state index contributed by atoms with van der Waals surface area (Å²) in [5.74, 6) is -1.27. The van der Waals surface area contributed by atoms with Gasteiger partial charge in [-0.1, -0.05) is 12.8 Å². The number of carboxylic acids is 1. The van der Waals surface area contributed by atoms with E-state index < -0.39 is 11.9 Å². The van der Waals surface area contributed by atoms with E-state index in [4.69, 9.17) is 9.84 Å². The molecule has 3 atom stereocenters. The molecule has 1 heterocycles. The van der Waals surface area contributed by atoms with Gasteiger partial charge in [0.05, 0.1) is 12.0 Å². The number of rotatable bonds is 4. The SMILES string of the molecule is O=C(NCC1CCCCO1)NC1CCCCC1C(=O)O. The Kier molecular flexibility index (Phi) is 5.64. The molecule has 2 aliphatic rings. The zero-order valence-corrected chi connectivity index (χ0v) is 11.8. The minimum atomic E-state index is -0.814. The number of carbonyl (C=O) groups is 2. The molecule has 0 aromatic carbocycles. The molecular weight excluding hydrogens is 260 g/mol. The average Bonchev–Trinajstić information content (AvgIpc) is 2.46. The molecule has 0 bridgehead atoms. The first-order valence-corrected chi connectivity index (χ1v) is 7.55. The minimum absolute atomic E-state index is 0.0936. The van der Waals surface area contributed by atoms with Crippen molar-refractivity contribution >= 4 is 12.0 Å². The molecule has 6 nitrogen and oxygen atoms in total. The van der Waals surface area contributed by atoms with Gasteiger partial charge < -0.3 is 20.5 Å². The van der Waals surface area contributed by atoms with Gasteiger partial charge in [0.1, 0.15) is 0 Å². The Labute approximate surface area is 119 Å². The topological polar surface area (TPSA) is 87.7 Å². The fourth-order valence-corrected chi connectivity index (χ4v) is 2.99. The van der Waals surface area contributed by atoms with Crippen molar-refractivity contribution in [1.82, 2.24) is 10.6 Å². The minimum Gasteiger partial charge on any atom is -0.481 e. The number of ether oxygens (including phenoxy) is 1. The lowest BCUT2D eigenvalue weighted by Crippen LogP contribution is -2.50. The number of amides is 2. The third kappa shape index (κ3) is 4.37. The van der Waals surface area contributed by atoms with Gasteiger partial charge in [0.25, 0.3) is 0 Å². The Balaban J connectivity index is 1.73. The van der Waals surface area contributed by atoms with E-state index >= 15 is 0 Å². The van der Waals surface area contributed by atoms with E-state index in [-0.39, 0.29) is 18.2 Å². The molecule has 0 radical (unpaired) electrons. The van der Waals surface area contributed by atoms with Gasteiger partial charge in [0.2, 0.25) is 0 Å². The van der Waals surface area contributed by atoms with Gasteiger partial charge in [0, 0.05) is 19.2 Å². The number of carboxylic acid groups (broad SMARTS) is 1. The molecule has 114 valence electrons. The number of urea groups is 1. The van der Waals surface area contributed by atoms with Crippen molar-refractivity contribution in [2.75, 3.05) is 13.2 Å². The van der Waals surface area contributed by atoms with Crippen LogP contribution < -0.4 is 10.6 Å². The number of hydrogen-bond donors (Lipinski definition) is 3. The van der Waals surface area contributed by atoms with Gasteiger partial charge in [-0.15, -0.1) is 0 Å². The van der Waals surface area contributed by atoms with Crippen LogP contribution in [0.1, 0.15) is 44.9 Å². The summed E-state index contributed by atoms with van der Waals surface area (Å²) < 4.78 is 5.54. The lowest BCUT2D eigenvalue weighted by atomic mass is 9.84. The fourth-order valence-electron chi connectivity index (χ4n) is 2.99. The summed E-state index contributed by atoms with van der Waals surface area (Å²) in [5.41, 5.74) is 0. The van der Waals surface area contributed by atoms with Crippen LogP contribution in [0, 0.1) is 5.92 Å². The third-order valence-electron chi connectivity index (χ3n) is 4.16. The van der Waals surface area contributed by atoms with Crippen LogP contribution in [-0.2, 0) is 9.53 Å². The molecule has 1 saturated heterocycles. The molecule has 2 fully saturated rings. The highest BCUT2D eigenvalue weighted by Gasteiger charge is 2.31. The lowest BCUT2D eigenvalue weighted by Gasteiger charge is -2.29. The molecule has 0 aromatic heterocycles. The zero-order valence-electron chi connectivity index (χ0n) is 11.8. The predicted molar refractivity (Wildman–Crippen MR) is 73.5 cm³/mol. The summed E-state index contributed by atoms with van der Waals surface area (Å²) >= 11 is 0. The summed E-state index contributed by atoms with van der Waals surface area (Å²) in [6.07, 6.45) is 6.57. The van der Waals surface area contributed by atoms with Gasteiger partial charge in [0.15, 0.2) is 0 Å². The van der Waals surface area contributed by atoms with Gasteiger partial charge in [-0.25, -0.2) is 4.79 Å². The first-order chi connectivity index (χ1) is 9.66. The second-order valence-electron chi connectivity index (χ2n) is 5.68. The summed E-state index contributed by atoms with van der Waals surface area (Å²) in [4.78, 5) is 23.0. The number of carbonyl (C=O) groups excluding carboxylic acids is 1. The van der Waals surface area contributed by atoms with Gasteiger partial charge in [-0.05, 0) is 32.1 Å². The molecular formula is C14H24N2O4. The van der Waals surface area contributed by atoms with Crippen LogP contribution in [-0.4, -0.2) is 42.4 Å². The normalized spacial score (nSPS) is 30.5. The molecule has 0 spiro atoms. The van der Waals surface area contributed by atoms with Crippen LogP contribution in [0.5, 0.6) is 0 Å². The largest absolute Gasteiger partial charge is 0.481 e. The number of hydrogen-bond acceptors (Lipinski definition) is 3. The molecule has 1 aliphatic carbocycles. The quantitative estimate of drug-likeness (QED) is 0.730. The predicted octanol–water partition coefficient (Wildman–Crippen LogP) is 1.50. The van der Waals surface area contributed by atoms with E-state index in [2.05, 4.69) is 10.6 Å². The van der Waals surface area contributed by atoms with E-state index in [1.54, 1.807) is 0 Å². The van der Waals surface area contributed by atoms with E-state index in [9.17, 15) is 9.59 Å². The summed E-state index contributed by atoms with van der Waals surface area (Å²) in [5, 5.41) is 14.8. The van der Waals surface area contributed by atoms with Crippen LogP contribution in [0.3, 0.4) is 0 Å². The number of aliphatic carboxylic acids is 1. The highest BCUT2D eigenvalue weighted by molar-refractivity contribution is 5.76. The van der Waals surface area contributed by atoms with Crippen molar-refractivity contribution in [2.24, 2.45) is 5.92 Å². The van der Waals surface area contributed by atoms with E-state index in [1.807, 2.05) is 0 Å². The fraction of sp³-hybridized carbons (Fsp3) is 0.857. The molecule has 2 amide bonds. The van der Waals surface area contributed by atoms with Gasteiger partial charge >= 0.3 is 12.0 Å². The molecule has 1 aliphatic heterocycles. The van der Waals surface area contributed by atoms with Crippen molar-refractivity contribution in [3.63, 3.8) is 0 Å². The molecule has 1 saturated carbocycles. The lowest BCUT2D eigenvalue weighted by molar-refractivity contribution is -0.143. The number of nitrogens with one attached hydrogen (secondary N) is 2. The maximum absolute atomic E-state index is 11.9. The molecule has 20 heavy (non-hydrogen) atoms. The average molecular weight is 284 g/mol. The summed E-state index contributed by atoms with van der Waals surface area (Å²) in [7, 11) is 0. The molecule has 3 N–H and O–H groups in total. The van der Waals surface area contributed by atoms with E-state index in [1.165, 1.54) is 0 Å². The highest BCUT2D eigenvalue weighted by Crippen LogP contribution is 2.24. The van der Waals surface area contributed by atoms with Crippen LogP contribution in [0.2, 0.25) is 0 Å². The van der Waals surface area contributed by atoms with Crippen LogP contribution in [0.15, 0.2) is 0 Å². The maximum Gasteiger partial charge on any atom is 0.315 e. The summed E-state index contributed by atoms with van der Waals surface area (Å²) in [6, 6.07) is -0.536. The third-order valence-corrected chi connectivity index (χ3v) is 4.16. The van der Waals surface area contributed by atoms with Crippen LogP contribution in [0.4, 0.5) is 4.79 Å². The van der Waals surface area contributed by atoms with Crippen LogP contribution >= 0.6 is 0 Å². The van der Waals surface area contributed by atoms with Crippen molar-refractivity contribution in [3.8, 4) is 0 Å². The Morgan fingerprint density at radius 2 is 1.85 bits per heavy atom. The van der Waals surface area contributed by atoms with Gasteiger partial charge in [-0.3, -0.25) is 4.79 Å². The first-order valence-electron chi connectivity index (χ1n) is 7.55. The molecule has 3 unspecified atom stereocenters. The van der Waals surface area contributed by atoms with E-state index in [0.29, 0.717) is 13.0 Å².